The minimum Gasteiger partial charge on any atom is -0.486 e. The van der Waals surface area contributed by atoms with Crippen LogP contribution in [0.5, 0.6) is 5.75 Å². The molecule has 2 N–H and O–H groups in total. The van der Waals surface area contributed by atoms with E-state index < -0.39 is 0 Å². The highest BCUT2D eigenvalue weighted by Gasteiger charge is 2.45. The van der Waals surface area contributed by atoms with Gasteiger partial charge in [0.05, 0.1) is 4.47 Å². The maximum atomic E-state index is 6.43. The summed E-state index contributed by atoms with van der Waals surface area (Å²) in [6.07, 6.45) is 5.58. The van der Waals surface area contributed by atoms with Crippen LogP contribution in [-0.4, -0.2) is 5.60 Å². The lowest BCUT2D eigenvalue weighted by Gasteiger charge is -2.47. The molecule has 1 atom stereocenters. The van der Waals surface area contributed by atoms with Crippen LogP contribution in [0.1, 0.15) is 63.6 Å². The monoisotopic (exact) mass is 337 g/mol. The normalized spacial score (nSPS) is 23.9. The second-order valence-corrected chi connectivity index (χ2v) is 8.54. The molecule has 3 heteroatoms. The summed E-state index contributed by atoms with van der Waals surface area (Å²) in [5, 5.41) is 0. The van der Waals surface area contributed by atoms with Gasteiger partial charge >= 0.3 is 0 Å². The zero-order valence-corrected chi connectivity index (χ0v) is 14.2. The highest BCUT2D eigenvalue weighted by atomic mass is 79.9. The zero-order valence-electron chi connectivity index (χ0n) is 12.6. The van der Waals surface area contributed by atoms with Gasteiger partial charge in [-0.25, -0.2) is 0 Å². The van der Waals surface area contributed by atoms with E-state index in [1.807, 2.05) is 0 Å². The molecule has 1 aromatic carbocycles. The van der Waals surface area contributed by atoms with E-state index in [1.165, 1.54) is 17.5 Å². The van der Waals surface area contributed by atoms with Crippen molar-refractivity contribution in [2.24, 2.45) is 11.1 Å². The number of ether oxygens (including phenoxy) is 1. The summed E-state index contributed by atoms with van der Waals surface area (Å²) in [6.45, 7) is 6.79. The van der Waals surface area contributed by atoms with E-state index in [-0.39, 0.29) is 17.1 Å². The Bertz CT molecular complexity index is 529. The summed E-state index contributed by atoms with van der Waals surface area (Å²) < 4.78 is 7.38. The van der Waals surface area contributed by atoms with Crippen molar-refractivity contribution in [3.05, 3.63) is 27.7 Å². The van der Waals surface area contributed by atoms with Gasteiger partial charge in [-0.2, -0.15) is 0 Å². The van der Waals surface area contributed by atoms with E-state index in [0.29, 0.717) is 0 Å². The van der Waals surface area contributed by atoms with E-state index >= 15 is 0 Å². The highest BCUT2D eigenvalue weighted by Crippen LogP contribution is 2.50. The van der Waals surface area contributed by atoms with Crippen LogP contribution in [-0.2, 0) is 6.42 Å². The average molecular weight is 338 g/mol. The number of hydrogen-bond donors (Lipinski definition) is 1. The predicted octanol–water partition coefficient (Wildman–Crippen LogP) is 4.74. The molecule has 2 aliphatic rings. The lowest BCUT2D eigenvalue weighted by atomic mass is 9.73. The zero-order chi connectivity index (χ0) is 14.5. The molecule has 0 aromatic heterocycles. The third kappa shape index (κ3) is 2.62. The minimum atomic E-state index is 0.0283. The number of hydrogen-bond acceptors (Lipinski definition) is 2. The van der Waals surface area contributed by atoms with E-state index in [1.54, 1.807) is 0 Å². The molecular weight excluding hydrogens is 314 g/mol. The van der Waals surface area contributed by atoms with Crippen molar-refractivity contribution in [1.82, 2.24) is 0 Å². The SMILES string of the molecule is CC(C)(C)Cc1cc(Br)c2c(c1)[C@@H](N)CC1(CCC1)O2. The van der Waals surface area contributed by atoms with Crippen LogP contribution in [0.2, 0.25) is 0 Å². The Morgan fingerprint density at radius 3 is 2.60 bits per heavy atom. The molecule has 0 amide bonds. The third-order valence-corrected chi connectivity index (χ3v) is 5.03. The highest BCUT2D eigenvalue weighted by molar-refractivity contribution is 9.10. The van der Waals surface area contributed by atoms with E-state index in [4.69, 9.17) is 10.5 Å². The molecule has 1 aliphatic carbocycles. The van der Waals surface area contributed by atoms with Gasteiger partial charge in [0.1, 0.15) is 11.4 Å². The van der Waals surface area contributed by atoms with Crippen LogP contribution in [0.25, 0.3) is 0 Å². The fourth-order valence-corrected chi connectivity index (χ4v) is 4.02. The van der Waals surface area contributed by atoms with Gasteiger partial charge in [0.15, 0.2) is 0 Å². The Morgan fingerprint density at radius 1 is 1.35 bits per heavy atom. The maximum absolute atomic E-state index is 6.43. The quantitative estimate of drug-likeness (QED) is 0.802. The van der Waals surface area contributed by atoms with Crippen LogP contribution in [0.4, 0.5) is 0 Å². The molecule has 1 heterocycles. The minimum absolute atomic E-state index is 0.0283. The Kier molecular flexibility index (Phi) is 3.41. The van der Waals surface area contributed by atoms with Crippen molar-refractivity contribution in [1.29, 1.82) is 0 Å². The summed E-state index contributed by atoms with van der Waals surface area (Å²) in [5.74, 6) is 0.987. The molecule has 0 saturated heterocycles. The van der Waals surface area contributed by atoms with Gasteiger partial charge in [-0.1, -0.05) is 26.8 Å². The number of rotatable bonds is 1. The van der Waals surface area contributed by atoms with Crippen LogP contribution >= 0.6 is 15.9 Å². The first-order valence-corrected chi connectivity index (χ1v) is 8.34. The van der Waals surface area contributed by atoms with E-state index in [0.717, 1.165) is 35.9 Å². The van der Waals surface area contributed by atoms with Crippen LogP contribution in [0.3, 0.4) is 0 Å². The van der Waals surface area contributed by atoms with Gasteiger partial charge in [0, 0.05) is 18.0 Å². The molecule has 1 spiro atoms. The maximum Gasteiger partial charge on any atom is 0.139 e. The standard InChI is InChI=1S/C17H24BrNO/c1-16(2,3)9-11-7-12-14(19)10-17(5-4-6-17)20-15(12)13(18)8-11/h7-8,14H,4-6,9-10,19H2,1-3H3/t14-/m0/s1. The van der Waals surface area contributed by atoms with E-state index in [9.17, 15) is 0 Å². The average Bonchev–Trinajstić information content (AvgIpc) is 2.26. The first-order chi connectivity index (χ1) is 9.28. The lowest BCUT2D eigenvalue weighted by Crippen LogP contribution is -2.48. The molecule has 0 radical (unpaired) electrons. The summed E-state index contributed by atoms with van der Waals surface area (Å²) in [6, 6.07) is 4.56. The van der Waals surface area contributed by atoms with Gasteiger partial charge in [-0.3, -0.25) is 0 Å². The van der Waals surface area contributed by atoms with Crippen molar-refractivity contribution in [3.8, 4) is 5.75 Å². The van der Waals surface area contributed by atoms with Crippen LogP contribution in [0.15, 0.2) is 16.6 Å². The van der Waals surface area contributed by atoms with Crippen molar-refractivity contribution in [3.63, 3.8) is 0 Å². The Hall–Kier alpha value is -0.540. The van der Waals surface area contributed by atoms with Crippen LogP contribution in [0, 0.1) is 5.41 Å². The number of nitrogens with two attached hydrogens (primary N) is 1. The summed E-state index contributed by atoms with van der Waals surface area (Å²) in [7, 11) is 0. The van der Waals surface area contributed by atoms with Gasteiger partial charge in [-0.05, 0) is 58.7 Å². The second kappa shape index (κ2) is 4.74. The molecule has 1 fully saturated rings. The third-order valence-electron chi connectivity index (χ3n) is 4.44. The predicted molar refractivity (Wildman–Crippen MR) is 86.1 cm³/mol. The Labute approximate surface area is 130 Å². The van der Waals surface area contributed by atoms with Crippen molar-refractivity contribution in [2.45, 2.75) is 64.5 Å². The Morgan fingerprint density at radius 2 is 2.05 bits per heavy atom. The van der Waals surface area contributed by atoms with Crippen molar-refractivity contribution < 1.29 is 4.74 Å². The topological polar surface area (TPSA) is 35.2 Å². The molecule has 1 aromatic rings. The first kappa shape index (κ1) is 14.4. The molecule has 20 heavy (non-hydrogen) atoms. The molecular formula is C17H24BrNO. The fraction of sp³-hybridized carbons (Fsp3) is 0.647. The number of halogens is 1. The van der Waals surface area contributed by atoms with Crippen molar-refractivity contribution >= 4 is 15.9 Å². The Balaban J connectivity index is 1.96. The molecule has 110 valence electrons. The summed E-state index contributed by atoms with van der Waals surface area (Å²) >= 11 is 3.69. The smallest absolute Gasteiger partial charge is 0.139 e. The van der Waals surface area contributed by atoms with Gasteiger partial charge < -0.3 is 10.5 Å². The summed E-state index contributed by atoms with van der Waals surface area (Å²) in [4.78, 5) is 0. The van der Waals surface area contributed by atoms with Gasteiger partial charge in [-0.15, -0.1) is 0 Å². The molecule has 0 bridgehead atoms. The second-order valence-electron chi connectivity index (χ2n) is 7.68. The molecule has 1 aliphatic heterocycles. The largest absolute Gasteiger partial charge is 0.486 e. The van der Waals surface area contributed by atoms with Gasteiger partial charge in [0.2, 0.25) is 0 Å². The number of fused-ring (bicyclic) bond motifs is 1. The number of benzene rings is 1. The van der Waals surface area contributed by atoms with Gasteiger partial charge in [0.25, 0.3) is 0 Å². The molecule has 2 nitrogen and oxygen atoms in total. The molecule has 0 unspecified atom stereocenters. The van der Waals surface area contributed by atoms with Crippen LogP contribution < -0.4 is 10.5 Å². The lowest BCUT2D eigenvalue weighted by molar-refractivity contribution is -0.0336. The van der Waals surface area contributed by atoms with E-state index in [2.05, 4.69) is 48.8 Å². The molecule has 3 rings (SSSR count). The molecule has 1 saturated carbocycles. The first-order valence-electron chi connectivity index (χ1n) is 7.55. The van der Waals surface area contributed by atoms with Crippen molar-refractivity contribution in [2.75, 3.05) is 0 Å². The summed E-state index contributed by atoms with van der Waals surface area (Å²) in [5.41, 5.74) is 9.26. The fourth-order valence-electron chi connectivity index (χ4n) is 3.42.